The van der Waals surface area contributed by atoms with Crippen molar-refractivity contribution in [2.24, 2.45) is 5.92 Å². The molecule has 0 atom stereocenters. The van der Waals surface area contributed by atoms with Crippen molar-refractivity contribution >= 4 is 5.69 Å². The van der Waals surface area contributed by atoms with Crippen molar-refractivity contribution in [2.45, 2.75) is 19.2 Å². The van der Waals surface area contributed by atoms with E-state index >= 15 is 0 Å². The Morgan fingerprint density at radius 3 is 2.22 bits per heavy atom. The molecule has 2 aromatic rings. The van der Waals surface area contributed by atoms with E-state index < -0.39 is 6.36 Å². The first-order chi connectivity index (χ1) is 10.9. The quantitative estimate of drug-likeness (QED) is 0.816. The molecule has 6 heteroatoms. The Morgan fingerprint density at radius 1 is 0.957 bits per heavy atom. The third kappa shape index (κ3) is 4.31. The van der Waals surface area contributed by atoms with E-state index in [1.165, 1.54) is 6.07 Å². The molecule has 1 fully saturated rings. The normalized spacial score (nSPS) is 14.6. The molecule has 0 radical (unpaired) electrons. The van der Waals surface area contributed by atoms with Gasteiger partial charge in [-0.25, -0.2) is 0 Å². The Balaban J connectivity index is 1.89. The maximum absolute atomic E-state index is 12.5. The zero-order valence-electron chi connectivity index (χ0n) is 12.3. The number of benzene rings is 2. The fraction of sp³-hybridized carbons (Fsp3) is 0.294. The molecular formula is C17H16F3NO2. The topological polar surface area (TPSA) is 44.5 Å². The first kappa shape index (κ1) is 15.5. The molecule has 1 saturated carbocycles. The number of nitrogens with two attached hydrogens (primary N) is 1. The molecule has 0 amide bonds. The van der Waals surface area contributed by atoms with Crippen LogP contribution in [0.3, 0.4) is 0 Å². The number of nitrogen functional groups attached to an aromatic ring is 1. The van der Waals surface area contributed by atoms with Crippen LogP contribution in [0.4, 0.5) is 18.9 Å². The molecule has 3 nitrogen and oxygen atoms in total. The first-order valence-corrected chi connectivity index (χ1v) is 7.29. The summed E-state index contributed by atoms with van der Waals surface area (Å²) in [6.07, 6.45) is -2.65. The molecule has 0 spiro atoms. The van der Waals surface area contributed by atoms with Crippen LogP contribution in [0.1, 0.15) is 12.8 Å². The van der Waals surface area contributed by atoms with Gasteiger partial charge in [-0.15, -0.1) is 13.2 Å². The van der Waals surface area contributed by atoms with Crippen LogP contribution < -0.4 is 15.2 Å². The highest BCUT2D eigenvalue weighted by atomic mass is 19.4. The summed E-state index contributed by atoms with van der Waals surface area (Å²) in [5.74, 6) is 0.204. The van der Waals surface area contributed by atoms with E-state index in [1.807, 2.05) is 0 Å². The van der Waals surface area contributed by atoms with Crippen LogP contribution in [0.2, 0.25) is 0 Å². The molecular weight excluding hydrogens is 307 g/mol. The van der Waals surface area contributed by atoms with Gasteiger partial charge in [-0.05, 0) is 54.2 Å². The summed E-state index contributed by atoms with van der Waals surface area (Å²) in [4.78, 5) is 0. The van der Waals surface area contributed by atoms with Crippen LogP contribution in [0.15, 0.2) is 42.5 Å². The monoisotopic (exact) mass is 323 g/mol. The van der Waals surface area contributed by atoms with E-state index in [2.05, 4.69) is 4.74 Å². The van der Waals surface area contributed by atoms with Gasteiger partial charge in [0.2, 0.25) is 0 Å². The van der Waals surface area contributed by atoms with Crippen LogP contribution in [-0.2, 0) is 0 Å². The fourth-order valence-electron chi connectivity index (χ4n) is 2.18. The van der Waals surface area contributed by atoms with E-state index in [-0.39, 0.29) is 11.5 Å². The van der Waals surface area contributed by atoms with Crippen molar-refractivity contribution in [1.29, 1.82) is 0 Å². The van der Waals surface area contributed by atoms with Crippen molar-refractivity contribution in [3.63, 3.8) is 0 Å². The summed E-state index contributed by atoms with van der Waals surface area (Å²) < 4.78 is 47.1. The van der Waals surface area contributed by atoms with E-state index in [0.29, 0.717) is 18.2 Å². The highest BCUT2D eigenvalue weighted by Crippen LogP contribution is 2.38. The summed E-state index contributed by atoms with van der Waals surface area (Å²) in [5.41, 5.74) is 7.85. The lowest BCUT2D eigenvalue weighted by atomic mass is 10.0. The van der Waals surface area contributed by atoms with E-state index in [9.17, 15) is 13.2 Å². The van der Waals surface area contributed by atoms with E-state index in [0.717, 1.165) is 24.0 Å². The lowest BCUT2D eigenvalue weighted by Crippen LogP contribution is -2.18. The van der Waals surface area contributed by atoms with E-state index in [1.54, 1.807) is 36.4 Å². The predicted octanol–water partition coefficient (Wildman–Crippen LogP) is 4.62. The number of ether oxygens (including phenoxy) is 2. The molecule has 0 heterocycles. The molecule has 122 valence electrons. The molecule has 23 heavy (non-hydrogen) atoms. The minimum absolute atomic E-state index is 0.101. The van der Waals surface area contributed by atoms with Gasteiger partial charge in [-0.1, -0.05) is 18.2 Å². The van der Waals surface area contributed by atoms with Crippen molar-refractivity contribution in [1.82, 2.24) is 0 Å². The van der Waals surface area contributed by atoms with Crippen LogP contribution in [-0.4, -0.2) is 13.0 Å². The molecule has 2 aromatic carbocycles. The Labute approximate surface area is 131 Å². The Hall–Kier alpha value is -2.37. The largest absolute Gasteiger partial charge is 0.573 e. The number of anilines is 1. The van der Waals surface area contributed by atoms with Gasteiger partial charge in [0.1, 0.15) is 0 Å². The van der Waals surface area contributed by atoms with Gasteiger partial charge < -0.3 is 15.2 Å². The van der Waals surface area contributed by atoms with Crippen LogP contribution in [0, 0.1) is 5.92 Å². The van der Waals surface area contributed by atoms with Crippen LogP contribution >= 0.6 is 0 Å². The highest BCUT2D eigenvalue weighted by molar-refractivity contribution is 5.68. The molecule has 3 rings (SSSR count). The molecule has 0 unspecified atom stereocenters. The van der Waals surface area contributed by atoms with Gasteiger partial charge in [-0.3, -0.25) is 0 Å². The van der Waals surface area contributed by atoms with Crippen LogP contribution in [0.25, 0.3) is 11.1 Å². The molecule has 0 aromatic heterocycles. The van der Waals surface area contributed by atoms with Gasteiger partial charge in [-0.2, -0.15) is 0 Å². The summed E-state index contributed by atoms with van der Waals surface area (Å²) in [6, 6.07) is 11.5. The smallest absolute Gasteiger partial charge is 0.489 e. The lowest BCUT2D eigenvalue weighted by molar-refractivity contribution is -0.275. The maximum atomic E-state index is 12.5. The molecule has 0 bridgehead atoms. The van der Waals surface area contributed by atoms with Gasteiger partial charge in [0.25, 0.3) is 0 Å². The third-order valence-electron chi connectivity index (χ3n) is 3.58. The van der Waals surface area contributed by atoms with Crippen molar-refractivity contribution in [2.75, 3.05) is 12.3 Å². The third-order valence-corrected chi connectivity index (χ3v) is 3.58. The number of halogens is 3. The lowest BCUT2D eigenvalue weighted by Gasteiger charge is -2.15. The fourth-order valence-corrected chi connectivity index (χ4v) is 2.18. The second-order valence-electron chi connectivity index (χ2n) is 5.59. The summed E-state index contributed by atoms with van der Waals surface area (Å²) in [5, 5.41) is 0. The standard InChI is InChI=1S/C17H16F3NO2/c18-17(19,20)23-15-8-5-13(12-3-6-14(21)7-4-12)9-16(15)22-10-11-1-2-11/h3-9,11H,1-2,10,21H2. The summed E-state index contributed by atoms with van der Waals surface area (Å²) in [6.45, 7) is 0.402. The zero-order valence-corrected chi connectivity index (χ0v) is 12.3. The average molecular weight is 323 g/mol. The number of hydrogen-bond donors (Lipinski definition) is 1. The first-order valence-electron chi connectivity index (χ1n) is 7.29. The Bertz CT molecular complexity index is 679. The van der Waals surface area contributed by atoms with Crippen LogP contribution in [0.5, 0.6) is 11.5 Å². The second-order valence-corrected chi connectivity index (χ2v) is 5.59. The average Bonchev–Trinajstić information content (AvgIpc) is 3.30. The highest BCUT2D eigenvalue weighted by Gasteiger charge is 2.33. The Kier molecular flexibility index (Phi) is 4.07. The predicted molar refractivity (Wildman–Crippen MR) is 81.2 cm³/mol. The number of alkyl halides is 3. The number of hydrogen-bond acceptors (Lipinski definition) is 3. The van der Waals surface area contributed by atoms with Gasteiger partial charge in [0.15, 0.2) is 11.5 Å². The SMILES string of the molecule is Nc1ccc(-c2ccc(OC(F)(F)F)c(OCC3CC3)c2)cc1. The summed E-state index contributed by atoms with van der Waals surface area (Å²) in [7, 11) is 0. The van der Waals surface area contributed by atoms with Crippen molar-refractivity contribution < 1.29 is 22.6 Å². The van der Waals surface area contributed by atoms with Gasteiger partial charge in [0.05, 0.1) is 6.61 Å². The summed E-state index contributed by atoms with van der Waals surface area (Å²) >= 11 is 0. The molecule has 2 N–H and O–H groups in total. The molecule has 1 aliphatic carbocycles. The number of rotatable bonds is 5. The van der Waals surface area contributed by atoms with Gasteiger partial charge >= 0.3 is 6.36 Å². The minimum atomic E-state index is -4.75. The molecule has 0 saturated heterocycles. The molecule has 1 aliphatic rings. The second kappa shape index (κ2) is 6.02. The van der Waals surface area contributed by atoms with E-state index in [4.69, 9.17) is 10.5 Å². The minimum Gasteiger partial charge on any atom is -0.489 e. The maximum Gasteiger partial charge on any atom is 0.573 e. The Morgan fingerprint density at radius 2 is 1.61 bits per heavy atom. The van der Waals surface area contributed by atoms with Crippen molar-refractivity contribution in [3.05, 3.63) is 42.5 Å². The van der Waals surface area contributed by atoms with Crippen molar-refractivity contribution in [3.8, 4) is 22.6 Å². The zero-order chi connectivity index (χ0) is 16.4. The van der Waals surface area contributed by atoms with Gasteiger partial charge in [0, 0.05) is 5.69 Å². The molecule has 0 aliphatic heterocycles.